The summed E-state index contributed by atoms with van der Waals surface area (Å²) in [5.74, 6) is 0.875. The molecule has 19 heavy (non-hydrogen) atoms. The first-order chi connectivity index (χ1) is 8.99. The summed E-state index contributed by atoms with van der Waals surface area (Å²) in [5.41, 5.74) is 5.85. The lowest BCUT2D eigenvalue weighted by atomic mass is 9.91. The molecule has 0 spiro atoms. The number of nitro groups is 1. The average molecular weight is 285 g/mol. The Balaban J connectivity index is 2.17. The maximum Gasteiger partial charge on any atom is 0.313 e. The maximum atomic E-state index is 11.0. The van der Waals surface area contributed by atoms with E-state index in [1.807, 2.05) is 11.8 Å². The number of halogens is 1. The first-order valence-electron chi connectivity index (χ1n) is 6.29. The van der Waals surface area contributed by atoms with Gasteiger partial charge in [0.25, 0.3) is 0 Å². The van der Waals surface area contributed by atoms with Crippen molar-refractivity contribution >= 4 is 23.1 Å². The number of pyridine rings is 1. The zero-order valence-electron chi connectivity index (χ0n) is 10.8. The fourth-order valence-corrected chi connectivity index (χ4v) is 2.59. The van der Waals surface area contributed by atoms with Crippen LogP contribution in [-0.2, 0) is 0 Å². The molecule has 1 aromatic heterocycles. The van der Waals surface area contributed by atoms with E-state index < -0.39 is 4.92 Å². The molecule has 104 valence electrons. The van der Waals surface area contributed by atoms with Gasteiger partial charge in [-0.2, -0.15) is 0 Å². The summed E-state index contributed by atoms with van der Waals surface area (Å²) < 4.78 is 0. The highest BCUT2D eigenvalue weighted by molar-refractivity contribution is 6.30. The van der Waals surface area contributed by atoms with Crippen molar-refractivity contribution in [1.82, 2.24) is 4.98 Å². The quantitative estimate of drug-likeness (QED) is 0.679. The maximum absolute atomic E-state index is 11.0. The lowest BCUT2D eigenvalue weighted by Crippen LogP contribution is -2.40. The number of rotatable bonds is 3. The van der Waals surface area contributed by atoms with Crippen molar-refractivity contribution in [2.75, 3.05) is 18.0 Å². The van der Waals surface area contributed by atoms with Crippen LogP contribution in [0, 0.1) is 16.0 Å². The fraction of sp³-hybridized carbons (Fsp3) is 0.583. The van der Waals surface area contributed by atoms with Crippen LogP contribution < -0.4 is 10.6 Å². The number of anilines is 1. The first kappa shape index (κ1) is 14.0. The van der Waals surface area contributed by atoms with Gasteiger partial charge in [0.1, 0.15) is 0 Å². The predicted octanol–water partition coefficient (Wildman–Crippen LogP) is 2.21. The highest BCUT2D eigenvalue weighted by Gasteiger charge is 2.27. The number of nitrogens with zero attached hydrogens (tertiary/aromatic N) is 3. The highest BCUT2D eigenvalue weighted by Crippen LogP contribution is 2.31. The number of hydrogen-bond acceptors (Lipinski definition) is 5. The Morgan fingerprint density at radius 3 is 2.74 bits per heavy atom. The SMILES string of the molecule is CC(N)C1CCN(c2ncc(Cl)cc2[N+](=O)[O-])CC1. The van der Waals surface area contributed by atoms with Crippen LogP contribution in [0.1, 0.15) is 19.8 Å². The topological polar surface area (TPSA) is 85.3 Å². The van der Waals surface area contributed by atoms with Crippen LogP contribution in [0.5, 0.6) is 0 Å². The molecule has 2 rings (SSSR count). The fourth-order valence-electron chi connectivity index (χ4n) is 2.44. The molecule has 0 radical (unpaired) electrons. The van der Waals surface area contributed by atoms with Crippen molar-refractivity contribution < 1.29 is 4.92 Å². The van der Waals surface area contributed by atoms with Gasteiger partial charge in [0.2, 0.25) is 5.82 Å². The van der Waals surface area contributed by atoms with Gasteiger partial charge in [-0.3, -0.25) is 10.1 Å². The molecule has 1 aliphatic heterocycles. The number of nitrogens with two attached hydrogens (primary N) is 1. The van der Waals surface area contributed by atoms with E-state index in [2.05, 4.69) is 4.98 Å². The zero-order chi connectivity index (χ0) is 14.0. The van der Waals surface area contributed by atoms with Gasteiger partial charge in [-0.05, 0) is 25.7 Å². The third kappa shape index (κ3) is 3.13. The van der Waals surface area contributed by atoms with Crippen LogP contribution in [0.2, 0.25) is 5.02 Å². The van der Waals surface area contributed by atoms with E-state index in [1.165, 1.54) is 12.3 Å². The molecule has 6 nitrogen and oxygen atoms in total. The molecular weight excluding hydrogens is 268 g/mol. The van der Waals surface area contributed by atoms with E-state index in [9.17, 15) is 10.1 Å². The largest absolute Gasteiger partial charge is 0.351 e. The van der Waals surface area contributed by atoms with Crippen LogP contribution >= 0.6 is 11.6 Å². The lowest BCUT2D eigenvalue weighted by molar-refractivity contribution is -0.384. The van der Waals surface area contributed by atoms with Crippen LogP contribution in [0.25, 0.3) is 0 Å². The third-order valence-corrected chi connectivity index (χ3v) is 3.80. The minimum absolute atomic E-state index is 0.0354. The second kappa shape index (κ2) is 5.71. The molecule has 1 aromatic rings. The normalized spacial score (nSPS) is 18.4. The lowest BCUT2D eigenvalue weighted by Gasteiger charge is -2.34. The summed E-state index contributed by atoms with van der Waals surface area (Å²) in [6.45, 7) is 3.48. The molecule has 1 atom stereocenters. The van der Waals surface area contributed by atoms with Crippen molar-refractivity contribution in [1.29, 1.82) is 0 Å². The zero-order valence-corrected chi connectivity index (χ0v) is 11.5. The molecule has 2 N–H and O–H groups in total. The van der Waals surface area contributed by atoms with Crippen molar-refractivity contribution in [3.63, 3.8) is 0 Å². The highest BCUT2D eigenvalue weighted by atomic mass is 35.5. The summed E-state index contributed by atoms with van der Waals surface area (Å²) in [7, 11) is 0. The van der Waals surface area contributed by atoms with Crippen LogP contribution in [0.3, 0.4) is 0 Å². The summed E-state index contributed by atoms with van der Waals surface area (Å²) in [5, 5.41) is 11.3. The Kier molecular flexibility index (Phi) is 4.21. The molecule has 0 aromatic carbocycles. The summed E-state index contributed by atoms with van der Waals surface area (Å²) in [4.78, 5) is 16.7. The van der Waals surface area contributed by atoms with Crippen molar-refractivity contribution in [2.45, 2.75) is 25.8 Å². The Bertz CT molecular complexity index is 473. The molecule has 0 amide bonds. The van der Waals surface area contributed by atoms with E-state index in [-0.39, 0.29) is 16.8 Å². The van der Waals surface area contributed by atoms with Gasteiger partial charge in [-0.1, -0.05) is 11.6 Å². The van der Waals surface area contributed by atoms with Gasteiger partial charge in [0.15, 0.2) is 0 Å². The van der Waals surface area contributed by atoms with Gasteiger partial charge in [-0.25, -0.2) is 4.98 Å². The Hall–Kier alpha value is -1.40. The Morgan fingerprint density at radius 2 is 2.21 bits per heavy atom. The van der Waals surface area contributed by atoms with Crippen LogP contribution in [0.15, 0.2) is 12.3 Å². The molecule has 0 bridgehead atoms. The van der Waals surface area contributed by atoms with Crippen LogP contribution in [0.4, 0.5) is 11.5 Å². The van der Waals surface area contributed by atoms with E-state index >= 15 is 0 Å². The molecule has 1 saturated heterocycles. The van der Waals surface area contributed by atoms with Crippen molar-refractivity contribution in [2.24, 2.45) is 11.7 Å². The molecular formula is C12H17ClN4O2. The van der Waals surface area contributed by atoms with Crippen molar-refractivity contribution in [3.05, 3.63) is 27.4 Å². The van der Waals surface area contributed by atoms with Gasteiger partial charge in [0.05, 0.1) is 9.95 Å². The van der Waals surface area contributed by atoms with E-state index in [1.54, 1.807) is 0 Å². The van der Waals surface area contributed by atoms with Gasteiger partial charge in [0, 0.05) is 31.4 Å². The molecule has 7 heteroatoms. The predicted molar refractivity (Wildman–Crippen MR) is 74.5 cm³/mol. The van der Waals surface area contributed by atoms with E-state index in [0.717, 1.165) is 25.9 Å². The minimum Gasteiger partial charge on any atom is -0.351 e. The summed E-state index contributed by atoms with van der Waals surface area (Å²) in [6.07, 6.45) is 3.31. The molecule has 1 unspecified atom stereocenters. The molecule has 0 aliphatic carbocycles. The average Bonchev–Trinajstić information content (AvgIpc) is 2.38. The van der Waals surface area contributed by atoms with Gasteiger partial charge >= 0.3 is 5.69 Å². The second-order valence-corrected chi connectivity index (χ2v) is 5.37. The Morgan fingerprint density at radius 1 is 1.58 bits per heavy atom. The first-order valence-corrected chi connectivity index (χ1v) is 6.67. The summed E-state index contributed by atoms with van der Waals surface area (Å²) in [6, 6.07) is 1.51. The molecule has 2 heterocycles. The smallest absolute Gasteiger partial charge is 0.313 e. The standard InChI is InChI=1S/C12H17ClN4O2/c1-8(14)9-2-4-16(5-3-9)12-11(17(18)19)6-10(13)7-15-12/h6-9H,2-5,14H2,1H3. The third-order valence-electron chi connectivity index (χ3n) is 3.59. The molecule has 1 aliphatic rings. The number of hydrogen-bond donors (Lipinski definition) is 1. The van der Waals surface area contributed by atoms with E-state index in [0.29, 0.717) is 11.7 Å². The number of aromatic nitrogens is 1. The Labute approximate surface area is 116 Å². The van der Waals surface area contributed by atoms with Gasteiger partial charge in [-0.15, -0.1) is 0 Å². The summed E-state index contributed by atoms with van der Waals surface area (Å²) >= 11 is 5.76. The molecule has 1 fully saturated rings. The van der Waals surface area contributed by atoms with E-state index in [4.69, 9.17) is 17.3 Å². The van der Waals surface area contributed by atoms with Gasteiger partial charge < -0.3 is 10.6 Å². The monoisotopic (exact) mass is 284 g/mol. The van der Waals surface area contributed by atoms with Crippen LogP contribution in [-0.4, -0.2) is 29.0 Å². The molecule has 0 saturated carbocycles. The second-order valence-electron chi connectivity index (χ2n) is 4.94. The van der Waals surface area contributed by atoms with Crippen molar-refractivity contribution in [3.8, 4) is 0 Å². The number of piperidine rings is 1. The minimum atomic E-state index is -0.439.